The van der Waals surface area contributed by atoms with Gasteiger partial charge in [0.25, 0.3) is 5.91 Å². The molecule has 0 unspecified atom stereocenters. The molecule has 1 fully saturated rings. The second-order valence-electron chi connectivity index (χ2n) is 5.59. The van der Waals surface area contributed by atoms with Crippen molar-refractivity contribution in [2.75, 3.05) is 0 Å². The van der Waals surface area contributed by atoms with E-state index in [0.29, 0.717) is 18.8 Å². The zero-order chi connectivity index (χ0) is 13.4. The molecule has 2 aliphatic rings. The molecule has 2 N–H and O–H groups in total. The summed E-state index contributed by atoms with van der Waals surface area (Å²) in [6.45, 7) is 6.00. The smallest absolute Gasteiger partial charge is 0.250 e. The average Bonchev–Trinajstić information content (AvgIpc) is 2.68. The van der Waals surface area contributed by atoms with Gasteiger partial charge in [-0.15, -0.1) is 0 Å². The van der Waals surface area contributed by atoms with Crippen LogP contribution in [0.3, 0.4) is 0 Å². The first-order valence-electron chi connectivity index (χ1n) is 6.42. The lowest BCUT2D eigenvalue weighted by atomic mass is 9.99. The summed E-state index contributed by atoms with van der Waals surface area (Å²) in [5.41, 5.74) is 0. The Kier molecular flexibility index (Phi) is 3.32. The van der Waals surface area contributed by atoms with Crippen LogP contribution in [-0.4, -0.2) is 39.9 Å². The van der Waals surface area contributed by atoms with E-state index in [4.69, 9.17) is 0 Å². The molecule has 5 nitrogen and oxygen atoms in total. The Morgan fingerprint density at radius 1 is 1.50 bits per heavy atom. The van der Waals surface area contributed by atoms with Crippen LogP contribution in [0.25, 0.3) is 0 Å². The van der Waals surface area contributed by atoms with Gasteiger partial charge in [0.2, 0.25) is 5.91 Å². The second kappa shape index (κ2) is 4.63. The van der Waals surface area contributed by atoms with Crippen LogP contribution >= 0.6 is 0 Å². The average molecular weight is 252 g/mol. The molecule has 2 heterocycles. The summed E-state index contributed by atoms with van der Waals surface area (Å²) >= 11 is 0. The maximum absolute atomic E-state index is 12.0. The highest BCUT2D eigenvalue weighted by molar-refractivity contribution is 5.92. The summed E-state index contributed by atoms with van der Waals surface area (Å²) in [4.78, 5) is 25.0. The molecular formula is C13H20N2O3. The van der Waals surface area contributed by atoms with Crippen LogP contribution in [0.5, 0.6) is 0 Å². The standard InChI is InChI=1S/C13H20N2O3/c1-7(2)4-10-11(16)6-13(18)15(10)9-5-12(17)14-8(9)3/h6-10,16H,4-5H2,1-3H3,(H,14,17)/t8-,9-,10-/m0/s1. The van der Waals surface area contributed by atoms with Crippen LogP contribution < -0.4 is 5.32 Å². The zero-order valence-electron chi connectivity index (χ0n) is 11.0. The Labute approximate surface area is 107 Å². The van der Waals surface area contributed by atoms with Gasteiger partial charge >= 0.3 is 0 Å². The summed E-state index contributed by atoms with van der Waals surface area (Å²) in [7, 11) is 0. The van der Waals surface area contributed by atoms with Gasteiger partial charge in [0.15, 0.2) is 0 Å². The Morgan fingerprint density at radius 2 is 2.17 bits per heavy atom. The van der Waals surface area contributed by atoms with Gasteiger partial charge < -0.3 is 15.3 Å². The summed E-state index contributed by atoms with van der Waals surface area (Å²) in [6, 6.07) is -0.497. The van der Waals surface area contributed by atoms with Crippen LogP contribution in [0.4, 0.5) is 0 Å². The third-order valence-corrected chi connectivity index (χ3v) is 3.62. The number of amides is 2. The minimum atomic E-state index is -0.280. The molecule has 0 aliphatic carbocycles. The fraction of sp³-hybridized carbons (Fsp3) is 0.692. The lowest BCUT2D eigenvalue weighted by Gasteiger charge is -2.33. The topological polar surface area (TPSA) is 69.6 Å². The van der Waals surface area contributed by atoms with Crippen LogP contribution in [0, 0.1) is 5.92 Å². The van der Waals surface area contributed by atoms with Crippen molar-refractivity contribution in [3.05, 3.63) is 11.8 Å². The fourth-order valence-electron chi connectivity index (χ4n) is 2.78. The van der Waals surface area contributed by atoms with Crippen molar-refractivity contribution in [1.29, 1.82) is 0 Å². The molecule has 2 aliphatic heterocycles. The van der Waals surface area contributed by atoms with Gasteiger partial charge in [0, 0.05) is 18.5 Å². The van der Waals surface area contributed by atoms with E-state index >= 15 is 0 Å². The Hall–Kier alpha value is -1.52. The Morgan fingerprint density at radius 3 is 2.67 bits per heavy atom. The highest BCUT2D eigenvalue weighted by Crippen LogP contribution is 2.29. The third kappa shape index (κ3) is 2.21. The zero-order valence-corrected chi connectivity index (χ0v) is 11.0. The van der Waals surface area contributed by atoms with E-state index < -0.39 is 0 Å². The van der Waals surface area contributed by atoms with Gasteiger partial charge in [-0.1, -0.05) is 13.8 Å². The van der Waals surface area contributed by atoms with Crippen molar-refractivity contribution < 1.29 is 14.7 Å². The Balaban J connectivity index is 2.20. The number of aliphatic hydroxyl groups is 1. The monoisotopic (exact) mass is 252 g/mol. The summed E-state index contributed by atoms with van der Waals surface area (Å²) < 4.78 is 0. The number of carbonyl (C=O) groups excluding carboxylic acids is 2. The molecule has 5 heteroatoms. The quantitative estimate of drug-likeness (QED) is 0.786. The van der Waals surface area contributed by atoms with Crippen LogP contribution in [0.1, 0.15) is 33.6 Å². The van der Waals surface area contributed by atoms with Gasteiger partial charge in [0.05, 0.1) is 12.1 Å². The van der Waals surface area contributed by atoms with E-state index in [-0.39, 0.29) is 35.7 Å². The first-order chi connectivity index (χ1) is 8.40. The van der Waals surface area contributed by atoms with Gasteiger partial charge in [-0.25, -0.2) is 0 Å². The molecule has 3 atom stereocenters. The van der Waals surface area contributed by atoms with E-state index in [1.54, 1.807) is 4.90 Å². The maximum Gasteiger partial charge on any atom is 0.250 e. The molecular weight excluding hydrogens is 232 g/mol. The molecule has 0 spiro atoms. The first-order valence-corrected chi connectivity index (χ1v) is 6.42. The van der Waals surface area contributed by atoms with Crippen molar-refractivity contribution in [3.8, 4) is 0 Å². The van der Waals surface area contributed by atoms with Crippen LogP contribution in [0.2, 0.25) is 0 Å². The van der Waals surface area contributed by atoms with Gasteiger partial charge in [0.1, 0.15) is 5.76 Å². The van der Waals surface area contributed by atoms with Crippen molar-refractivity contribution in [2.45, 2.75) is 51.7 Å². The van der Waals surface area contributed by atoms with Crippen LogP contribution in [-0.2, 0) is 9.59 Å². The van der Waals surface area contributed by atoms with E-state index in [9.17, 15) is 14.7 Å². The summed E-state index contributed by atoms with van der Waals surface area (Å²) in [5.74, 6) is 0.279. The lowest BCUT2D eigenvalue weighted by molar-refractivity contribution is -0.129. The predicted molar refractivity (Wildman–Crippen MR) is 66.8 cm³/mol. The minimum Gasteiger partial charge on any atom is -0.510 e. The molecule has 0 aromatic heterocycles. The molecule has 2 rings (SSSR count). The minimum absolute atomic E-state index is 0.0324. The van der Waals surface area contributed by atoms with E-state index in [1.165, 1.54) is 6.08 Å². The number of aliphatic hydroxyl groups excluding tert-OH is 1. The highest BCUT2D eigenvalue weighted by Gasteiger charge is 2.43. The molecule has 1 saturated heterocycles. The molecule has 0 radical (unpaired) electrons. The van der Waals surface area contributed by atoms with Gasteiger partial charge in [-0.2, -0.15) is 0 Å². The Bertz CT molecular complexity index is 403. The number of hydrogen-bond donors (Lipinski definition) is 2. The fourth-order valence-corrected chi connectivity index (χ4v) is 2.78. The van der Waals surface area contributed by atoms with Gasteiger partial charge in [-0.3, -0.25) is 9.59 Å². The van der Waals surface area contributed by atoms with Crippen molar-refractivity contribution in [1.82, 2.24) is 10.2 Å². The predicted octanol–water partition coefficient (Wildman–Crippen LogP) is 0.962. The maximum atomic E-state index is 12.0. The molecule has 2 amide bonds. The number of rotatable bonds is 3. The third-order valence-electron chi connectivity index (χ3n) is 3.62. The number of carbonyl (C=O) groups is 2. The van der Waals surface area contributed by atoms with Crippen molar-refractivity contribution >= 4 is 11.8 Å². The number of nitrogens with one attached hydrogen (secondary N) is 1. The van der Waals surface area contributed by atoms with Crippen molar-refractivity contribution in [2.24, 2.45) is 5.92 Å². The number of nitrogens with zero attached hydrogens (tertiary/aromatic N) is 1. The van der Waals surface area contributed by atoms with Crippen molar-refractivity contribution in [3.63, 3.8) is 0 Å². The highest BCUT2D eigenvalue weighted by atomic mass is 16.3. The molecule has 0 saturated carbocycles. The largest absolute Gasteiger partial charge is 0.510 e. The number of hydrogen-bond acceptors (Lipinski definition) is 3. The van der Waals surface area contributed by atoms with E-state index in [0.717, 1.165) is 0 Å². The SMILES string of the molecule is CC(C)C[C@H]1C(O)=CC(=O)N1[C@H]1CC(=O)N[C@H]1C. The molecule has 0 aromatic carbocycles. The van der Waals surface area contributed by atoms with E-state index in [1.807, 2.05) is 6.92 Å². The normalized spacial score (nSPS) is 32.1. The first kappa shape index (κ1) is 12.9. The molecule has 100 valence electrons. The molecule has 0 aromatic rings. The van der Waals surface area contributed by atoms with E-state index in [2.05, 4.69) is 19.2 Å². The second-order valence-corrected chi connectivity index (χ2v) is 5.59. The van der Waals surface area contributed by atoms with Gasteiger partial charge in [-0.05, 0) is 19.3 Å². The summed E-state index contributed by atoms with van der Waals surface area (Å²) in [5, 5.41) is 12.7. The lowest BCUT2D eigenvalue weighted by Crippen LogP contribution is -2.48. The van der Waals surface area contributed by atoms with Crippen LogP contribution in [0.15, 0.2) is 11.8 Å². The molecule has 0 bridgehead atoms. The summed E-state index contributed by atoms with van der Waals surface area (Å²) in [6.07, 6.45) is 2.32. The molecule has 18 heavy (non-hydrogen) atoms.